The number of rotatable bonds is 7. The molecule has 2 rings (SSSR count). The summed E-state index contributed by atoms with van der Waals surface area (Å²) >= 11 is 0. The number of methoxy groups -OCH3 is 2. The average Bonchev–Trinajstić information content (AvgIpc) is 3.03. The van der Waals surface area contributed by atoms with Gasteiger partial charge >= 0.3 is 0 Å². The standard InChI is InChI=1S/C16H20N2O3/c1-20-14-8-5-7-13(15(14)21-2)16(19)17-9-6-12-18-10-3-4-11-18/h3-5,7-8,10-11H,6,9,12H2,1-2H3,(H,17,19). The molecule has 0 aliphatic heterocycles. The van der Waals surface area contributed by atoms with Crippen molar-refractivity contribution in [1.29, 1.82) is 0 Å². The molecule has 0 aliphatic carbocycles. The van der Waals surface area contributed by atoms with Gasteiger partial charge in [-0.2, -0.15) is 0 Å². The fourth-order valence-corrected chi connectivity index (χ4v) is 2.14. The summed E-state index contributed by atoms with van der Waals surface area (Å²) in [4.78, 5) is 12.2. The number of carbonyl (C=O) groups is 1. The Bertz CT molecular complexity index is 579. The molecule has 5 nitrogen and oxygen atoms in total. The number of nitrogens with zero attached hydrogens (tertiary/aromatic N) is 1. The van der Waals surface area contributed by atoms with Gasteiger partial charge in [-0.15, -0.1) is 0 Å². The highest BCUT2D eigenvalue weighted by Gasteiger charge is 2.15. The maximum atomic E-state index is 12.2. The Morgan fingerprint density at radius 2 is 1.90 bits per heavy atom. The van der Waals surface area contributed by atoms with Crippen LogP contribution in [0.1, 0.15) is 16.8 Å². The van der Waals surface area contributed by atoms with Gasteiger partial charge in [0.15, 0.2) is 11.5 Å². The Balaban J connectivity index is 1.91. The minimum atomic E-state index is -0.154. The molecular weight excluding hydrogens is 268 g/mol. The van der Waals surface area contributed by atoms with Crippen molar-refractivity contribution in [1.82, 2.24) is 9.88 Å². The van der Waals surface area contributed by atoms with Gasteiger partial charge in [0.1, 0.15) is 0 Å². The lowest BCUT2D eigenvalue weighted by Crippen LogP contribution is -2.25. The lowest BCUT2D eigenvalue weighted by atomic mass is 10.1. The number of aromatic nitrogens is 1. The Morgan fingerprint density at radius 1 is 1.14 bits per heavy atom. The maximum Gasteiger partial charge on any atom is 0.255 e. The molecule has 21 heavy (non-hydrogen) atoms. The molecule has 1 amide bonds. The molecule has 1 aromatic carbocycles. The molecule has 0 radical (unpaired) electrons. The normalized spacial score (nSPS) is 10.2. The van der Waals surface area contributed by atoms with Gasteiger partial charge in [0.25, 0.3) is 5.91 Å². The van der Waals surface area contributed by atoms with Crippen molar-refractivity contribution < 1.29 is 14.3 Å². The first-order valence-corrected chi connectivity index (χ1v) is 6.86. The quantitative estimate of drug-likeness (QED) is 0.796. The van der Waals surface area contributed by atoms with Gasteiger partial charge in [-0.25, -0.2) is 0 Å². The summed E-state index contributed by atoms with van der Waals surface area (Å²) in [5.41, 5.74) is 0.484. The summed E-state index contributed by atoms with van der Waals surface area (Å²) in [5.74, 6) is 0.860. The second-order valence-electron chi connectivity index (χ2n) is 4.57. The van der Waals surface area contributed by atoms with Crippen LogP contribution < -0.4 is 14.8 Å². The number of aryl methyl sites for hydroxylation is 1. The fraction of sp³-hybridized carbons (Fsp3) is 0.312. The van der Waals surface area contributed by atoms with Crippen LogP contribution in [0.3, 0.4) is 0 Å². The highest BCUT2D eigenvalue weighted by Crippen LogP contribution is 2.30. The van der Waals surface area contributed by atoms with Crippen LogP contribution in [-0.4, -0.2) is 31.2 Å². The van der Waals surface area contributed by atoms with E-state index in [0.29, 0.717) is 23.6 Å². The number of hydrogen-bond acceptors (Lipinski definition) is 3. The zero-order valence-electron chi connectivity index (χ0n) is 12.3. The van der Waals surface area contributed by atoms with Crippen LogP contribution in [0.25, 0.3) is 0 Å². The summed E-state index contributed by atoms with van der Waals surface area (Å²) in [6.45, 7) is 1.49. The van der Waals surface area contributed by atoms with E-state index in [9.17, 15) is 4.79 Å². The van der Waals surface area contributed by atoms with E-state index in [0.717, 1.165) is 13.0 Å². The van der Waals surface area contributed by atoms with Crippen LogP contribution in [0.15, 0.2) is 42.7 Å². The second kappa shape index (κ2) is 7.38. The molecule has 0 bridgehead atoms. The van der Waals surface area contributed by atoms with E-state index in [1.165, 1.54) is 7.11 Å². The highest BCUT2D eigenvalue weighted by atomic mass is 16.5. The monoisotopic (exact) mass is 288 g/mol. The summed E-state index contributed by atoms with van der Waals surface area (Å²) in [7, 11) is 3.08. The van der Waals surface area contributed by atoms with Crippen molar-refractivity contribution in [2.45, 2.75) is 13.0 Å². The van der Waals surface area contributed by atoms with Crippen molar-refractivity contribution >= 4 is 5.91 Å². The molecule has 0 saturated heterocycles. The van der Waals surface area contributed by atoms with E-state index in [2.05, 4.69) is 9.88 Å². The zero-order chi connectivity index (χ0) is 15.1. The third kappa shape index (κ3) is 3.78. The second-order valence-corrected chi connectivity index (χ2v) is 4.57. The molecular formula is C16H20N2O3. The molecule has 5 heteroatoms. The molecule has 112 valence electrons. The largest absolute Gasteiger partial charge is 0.493 e. The SMILES string of the molecule is COc1cccc(C(=O)NCCCn2cccc2)c1OC. The van der Waals surface area contributed by atoms with Crippen LogP contribution >= 0.6 is 0 Å². The van der Waals surface area contributed by atoms with Gasteiger partial charge in [0.05, 0.1) is 19.8 Å². The van der Waals surface area contributed by atoms with Crippen LogP contribution in [0, 0.1) is 0 Å². The average molecular weight is 288 g/mol. The summed E-state index contributed by atoms with van der Waals surface area (Å²) in [6.07, 6.45) is 4.88. The van der Waals surface area contributed by atoms with Crippen molar-refractivity contribution in [3.05, 3.63) is 48.3 Å². The lowest BCUT2D eigenvalue weighted by molar-refractivity contribution is 0.0949. The Hall–Kier alpha value is -2.43. The van der Waals surface area contributed by atoms with Crippen LogP contribution in [0.2, 0.25) is 0 Å². The third-order valence-electron chi connectivity index (χ3n) is 3.19. The van der Waals surface area contributed by atoms with Gasteiger partial charge in [-0.1, -0.05) is 6.07 Å². The van der Waals surface area contributed by atoms with Gasteiger partial charge in [-0.05, 0) is 30.7 Å². The van der Waals surface area contributed by atoms with E-state index in [1.54, 1.807) is 25.3 Å². The molecule has 0 aliphatic rings. The van der Waals surface area contributed by atoms with Gasteiger partial charge < -0.3 is 19.4 Å². The first kappa shape index (κ1) is 15.0. The predicted molar refractivity (Wildman–Crippen MR) is 80.9 cm³/mol. The van der Waals surface area contributed by atoms with E-state index in [-0.39, 0.29) is 5.91 Å². The first-order valence-electron chi connectivity index (χ1n) is 6.86. The van der Waals surface area contributed by atoms with Crippen molar-refractivity contribution in [3.63, 3.8) is 0 Å². The topological polar surface area (TPSA) is 52.5 Å². The molecule has 0 saturated carbocycles. The minimum absolute atomic E-state index is 0.154. The van der Waals surface area contributed by atoms with Gasteiger partial charge in [-0.3, -0.25) is 4.79 Å². The number of hydrogen-bond donors (Lipinski definition) is 1. The number of carbonyl (C=O) groups excluding carboxylic acids is 1. The summed E-state index contributed by atoms with van der Waals surface area (Å²) in [6, 6.07) is 9.24. The van der Waals surface area contributed by atoms with Crippen LogP contribution in [-0.2, 0) is 6.54 Å². The number of ether oxygens (including phenoxy) is 2. The van der Waals surface area contributed by atoms with Crippen molar-refractivity contribution in [2.75, 3.05) is 20.8 Å². The number of benzene rings is 1. The van der Waals surface area contributed by atoms with E-state index < -0.39 is 0 Å². The third-order valence-corrected chi connectivity index (χ3v) is 3.19. The smallest absolute Gasteiger partial charge is 0.255 e. The van der Waals surface area contributed by atoms with Gasteiger partial charge in [0.2, 0.25) is 0 Å². The Morgan fingerprint density at radius 3 is 2.57 bits per heavy atom. The van der Waals surface area contributed by atoms with Crippen molar-refractivity contribution in [3.8, 4) is 11.5 Å². The summed E-state index contributed by atoms with van der Waals surface area (Å²) < 4.78 is 12.5. The van der Waals surface area contributed by atoms with Crippen LogP contribution in [0.5, 0.6) is 11.5 Å². The molecule has 0 unspecified atom stereocenters. The fourth-order valence-electron chi connectivity index (χ4n) is 2.14. The van der Waals surface area contributed by atoms with Crippen LogP contribution in [0.4, 0.5) is 0 Å². The minimum Gasteiger partial charge on any atom is -0.493 e. The number of amides is 1. The molecule has 0 spiro atoms. The first-order chi connectivity index (χ1) is 10.3. The Labute approximate surface area is 124 Å². The van der Waals surface area contributed by atoms with E-state index in [4.69, 9.17) is 9.47 Å². The Kier molecular flexibility index (Phi) is 5.26. The lowest BCUT2D eigenvalue weighted by Gasteiger charge is -2.12. The maximum absolute atomic E-state index is 12.2. The number of nitrogens with one attached hydrogen (secondary N) is 1. The molecule has 0 fully saturated rings. The molecule has 1 aromatic heterocycles. The number of para-hydroxylation sites is 1. The molecule has 0 atom stereocenters. The highest BCUT2D eigenvalue weighted by molar-refractivity contribution is 5.97. The zero-order valence-corrected chi connectivity index (χ0v) is 12.3. The summed E-state index contributed by atoms with van der Waals surface area (Å²) in [5, 5.41) is 2.90. The van der Waals surface area contributed by atoms with E-state index >= 15 is 0 Å². The molecule has 1 heterocycles. The molecule has 2 aromatic rings. The predicted octanol–water partition coefficient (Wildman–Crippen LogP) is 2.33. The molecule has 1 N–H and O–H groups in total. The van der Waals surface area contributed by atoms with E-state index in [1.807, 2.05) is 24.5 Å². The van der Waals surface area contributed by atoms with Gasteiger partial charge in [0, 0.05) is 25.5 Å². The van der Waals surface area contributed by atoms with Crippen molar-refractivity contribution in [2.24, 2.45) is 0 Å².